The van der Waals surface area contributed by atoms with Crippen molar-refractivity contribution in [1.29, 1.82) is 0 Å². The molecule has 2 fully saturated rings. The first-order valence-electron chi connectivity index (χ1n) is 10.5. The number of hydrogen-bond donors (Lipinski definition) is 2. The number of amides is 1. The van der Waals surface area contributed by atoms with Gasteiger partial charge < -0.3 is 24.3 Å². The summed E-state index contributed by atoms with van der Waals surface area (Å²) in [5.74, 6) is 2.46. The number of aromatic nitrogens is 1. The van der Waals surface area contributed by atoms with E-state index in [1.807, 2.05) is 12.1 Å². The molecule has 2 aromatic heterocycles. The molecule has 0 unspecified atom stereocenters. The first-order chi connectivity index (χ1) is 14.3. The number of piperidine rings is 1. The first kappa shape index (κ1) is 20.1. The number of rotatable bonds is 8. The number of furan rings is 1. The molecule has 8 nitrogen and oxygen atoms in total. The van der Waals surface area contributed by atoms with Gasteiger partial charge in [-0.1, -0.05) is 5.16 Å². The smallest absolute Gasteiger partial charge is 0.220 e. The minimum atomic E-state index is 0.0754. The predicted molar refractivity (Wildman–Crippen MR) is 106 cm³/mol. The van der Waals surface area contributed by atoms with Crippen LogP contribution in [0.3, 0.4) is 0 Å². The fourth-order valence-corrected chi connectivity index (χ4v) is 4.17. The van der Waals surface area contributed by atoms with E-state index in [9.17, 15) is 4.79 Å². The Morgan fingerprint density at radius 2 is 2.17 bits per heavy atom. The third kappa shape index (κ3) is 5.91. The van der Waals surface area contributed by atoms with Gasteiger partial charge in [0.25, 0.3) is 0 Å². The fourth-order valence-electron chi connectivity index (χ4n) is 4.17. The third-order valence-corrected chi connectivity index (χ3v) is 5.81. The second kappa shape index (κ2) is 10.0. The molecule has 0 aliphatic carbocycles. The summed E-state index contributed by atoms with van der Waals surface area (Å²) < 4.78 is 16.2. The Hall–Kier alpha value is -2.16. The highest BCUT2D eigenvalue weighted by Crippen LogP contribution is 2.26. The van der Waals surface area contributed by atoms with Crippen molar-refractivity contribution in [3.05, 3.63) is 41.7 Å². The molecule has 2 aliphatic rings. The Kier molecular flexibility index (Phi) is 6.97. The van der Waals surface area contributed by atoms with E-state index in [1.54, 1.807) is 6.26 Å². The number of carbonyl (C=O) groups is 1. The van der Waals surface area contributed by atoms with E-state index in [0.717, 1.165) is 76.0 Å². The van der Waals surface area contributed by atoms with Crippen molar-refractivity contribution >= 4 is 5.91 Å². The van der Waals surface area contributed by atoms with Crippen LogP contribution in [0.1, 0.15) is 30.1 Å². The van der Waals surface area contributed by atoms with Crippen LogP contribution in [0.4, 0.5) is 0 Å². The average molecular weight is 402 g/mol. The van der Waals surface area contributed by atoms with Crippen molar-refractivity contribution in [3.63, 3.8) is 0 Å². The largest absolute Gasteiger partial charge is 0.467 e. The summed E-state index contributed by atoms with van der Waals surface area (Å²) >= 11 is 0. The van der Waals surface area contributed by atoms with E-state index in [1.165, 1.54) is 0 Å². The number of ether oxygens (including phenoxy) is 1. The van der Waals surface area contributed by atoms with Crippen LogP contribution in [0.25, 0.3) is 0 Å². The Morgan fingerprint density at radius 3 is 3.00 bits per heavy atom. The quantitative estimate of drug-likeness (QED) is 0.692. The molecule has 158 valence electrons. The molecule has 2 atom stereocenters. The van der Waals surface area contributed by atoms with E-state index < -0.39 is 0 Å². The molecular weight excluding hydrogens is 372 g/mol. The highest BCUT2D eigenvalue weighted by atomic mass is 16.5. The summed E-state index contributed by atoms with van der Waals surface area (Å²) in [5, 5.41) is 10.7. The van der Waals surface area contributed by atoms with E-state index in [0.29, 0.717) is 24.8 Å². The monoisotopic (exact) mass is 402 g/mol. The fraction of sp³-hybridized carbons (Fsp3) is 0.619. The highest BCUT2D eigenvalue weighted by molar-refractivity contribution is 5.76. The van der Waals surface area contributed by atoms with Gasteiger partial charge in [-0.25, -0.2) is 0 Å². The van der Waals surface area contributed by atoms with Gasteiger partial charge in [0.05, 0.1) is 38.3 Å². The predicted octanol–water partition coefficient (Wildman–Crippen LogP) is 1.57. The molecular formula is C21H30N4O4. The van der Waals surface area contributed by atoms with E-state index in [4.69, 9.17) is 13.7 Å². The zero-order valence-electron chi connectivity index (χ0n) is 16.8. The van der Waals surface area contributed by atoms with Gasteiger partial charge in [-0.05, 0) is 49.9 Å². The third-order valence-electron chi connectivity index (χ3n) is 5.81. The van der Waals surface area contributed by atoms with Crippen LogP contribution in [-0.2, 0) is 29.0 Å². The maximum absolute atomic E-state index is 12.4. The maximum Gasteiger partial charge on any atom is 0.220 e. The number of nitrogens with zero attached hydrogens (tertiary/aromatic N) is 2. The molecule has 4 rings (SSSR count). The molecule has 0 aromatic carbocycles. The molecule has 4 heterocycles. The van der Waals surface area contributed by atoms with Crippen LogP contribution in [0.2, 0.25) is 0 Å². The number of hydrogen-bond acceptors (Lipinski definition) is 7. The van der Waals surface area contributed by atoms with Crippen LogP contribution in [0.15, 0.2) is 33.4 Å². The van der Waals surface area contributed by atoms with Crippen molar-refractivity contribution in [3.8, 4) is 0 Å². The summed E-state index contributed by atoms with van der Waals surface area (Å²) in [6.07, 6.45) is 3.98. The zero-order valence-corrected chi connectivity index (χ0v) is 16.8. The Labute approximate surface area is 170 Å². The van der Waals surface area contributed by atoms with E-state index in [-0.39, 0.29) is 5.91 Å². The molecule has 0 spiro atoms. The number of nitrogens with one attached hydrogen (secondary N) is 2. The van der Waals surface area contributed by atoms with Gasteiger partial charge in [-0.3, -0.25) is 9.69 Å². The molecule has 2 N–H and O–H groups in total. The number of morpholine rings is 1. The first-order valence-corrected chi connectivity index (χ1v) is 10.5. The topological polar surface area (TPSA) is 92.8 Å². The lowest BCUT2D eigenvalue weighted by Gasteiger charge is -2.31. The second-order valence-electron chi connectivity index (χ2n) is 7.95. The van der Waals surface area contributed by atoms with Crippen molar-refractivity contribution in [2.75, 3.05) is 39.4 Å². The Balaban J connectivity index is 1.27. The molecule has 2 aliphatic heterocycles. The van der Waals surface area contributed by atoms with E-state index >= 15 is 0 Å². The molecule has 0 radical (unpaired) electrons. The Bertz CT molecular complexity index is 755. The van der Waals surface area contributed by atoms with Crippen molar-refractivity contribution in [2.24, 2.45) is 11.8 Å². The summed E-state index contributed by atoms with van der Waals surface area (Å²) in [6.45, 7) is 6.48. The molecule has 2 saturated heterocycles. The molecule has 2 aromatic rings. The van der Waals surface area contributed by atoms with Gasteiger partial charge in [0, 0.05) is 25.6 Å². The normalized spacial score (nSPS) is 23.2. The van der Waals surface area contributed by atoms with Gasteiger partial charge in [0.1, 0.15) is 5.76 Å². The minimum absolute atomic E-state index is 0.0754. The summed E-state index contributed by atoms with van der Waals surface area (Å²) in [7, 11) is 0. The molecule has 29 heavy (non-hydrogen) atoms. The van der Waals surface area contributed by atoms with Gasteiger partial charge >= 0.3 is 0 Å². The van der Waals surface area contributed by atoms with Crippen LogP contribution in [0.5, 0.6) is 0 Å². The van der Waals surface area contributed by atoms with Gasteiger partial charge in [0.2, 0.25) is 5.91 Å². The van der Waals surface area contributed by atoms with Crippen LogP contribution < -0.4 is 10.6 Å². The van der Waals surface area contributed by atoms with E-state index in [2.05, 4.69) is 26.8 Å². The lowest BCUT2D eigenvalue weighted by molar-refractivity contribution is -0.122. The van der Waals surface area contributed by atoms with Crippen LogP contribution in [-0.4, -0.2) is 55.4 Å². The summed E-state index contributed by atoms with van der Waals surface area (Å²) in [5.41, 5.74) is 0.975. The highest BCUT2D eigenvalue weighted by Gasteiger charge is 2.28. The summed E-state index contributed by atoms with van der Waals surface area (Å²) in [6, 6.07) is 5.76. The minimum Gasteiger partial charge on any atom is -0.467 e. The van der Waals surface area contributed by atoms with Crippen LogP contribution >= 0.6 is 0 Å². The van der Waals surface area contributed by atoms with Crippen LogP contribution in [0, 0.1) is 11.8 Å². The molecule has 8 heteroatoms. The molecule has 0 bridgehead atoms. The van der Waals surface area contributed by atoms with Crippen molar-refractivity contribution in [1.82, 2.24) is 20.7 Å². The molecule has 1 amide bonds. The Morgan fingerprint density at radius 1 is 1.28 bits per heavy atom. The lowest BCUT2D eigenvalue weighted by atomic mass is 9.81. The number of carbonyl (C=O) groups excluding carboxylic acids is 1. The lowest BCUT2D eigenvalue weighted by Crippen LogP contribution is -2.40. The standard InChI is InChI=1S/C21H30N4O4/c26-21(23-14-19-2-1-7-28-19)11-16-3-4-22-13-17(16)10-18-12-20(29-24-18)15-25-5-8-27-9-6-25/h1-2,7,12,16-17,22H,3-6,8-11,13-15H2,(H,23,26)/t16-,17+/m1/s1. The van der Waals surface area contributed by atoms with Crippen molar-refractivity contribution in [2.45, 2.75) is 32.4 Å². The second-order valence-corrected chi connectivity index (χ2v) is 7.95. The van der Waals surface area contributed by atoms with Crippen molar-refractivity contribution < 1.29 is 18.5 Å². The maximum atomic E-state index is 12.4. The van der Waals surface area contributed by atoms with Gasteiger partial charge in [-0.15, -0.1) is 0 Å². The van der Waals surface area contributed by atoms with Gasteiger partial charge in [0.15, 0.2) is 5.76 Å². The molecule has 0 saturated carbocycles. The van der Waals surface area contributed by atoms with Gasteiger partial charge in [-0.2, -0.15) is 0 Å². The average Bonchev–Trinajstić information content (AvgIpc) is 3.41. The summed E-state index contributed by atoms with van der Waals surface area (Å²) in [4.78, 5) is 14.7. The SMILES string of the molecule is O=C(C[C@H]1CCNC[C@@H]1Cc1cc(CN2CCOCC2)on1)NCc1ccco1. The zero-order chi connectivity index (χ0) is 19.9.